The predicted octanol–water partition coefficient (Wildman–Crippen LogP) is 3.83. The number of carbonyl (C=O) groups excluding carboxylic acids is 1. The fourth-order valence-electron chi connectivity index (χ4n) is 2.10. The first kappa shape index (κ1) is 16.5. The van der Waals surface area contributed by atoms with Gasteiger partial charge in [-0.2, -0.15) is 5.26 Å². The number of nitrogens with one attached hydrogen (secondary N) is 1. The topological polar surface area (TPSA) is 66.0 Å². The van der Waals surface area contributed by atoms with Crippen LogP contribution in [0.5, 0.6) is 0 Å². The summed E-state index contributed by atoms with van der Waals surface area (Å²) in [6.45, 7) is 4.23. The summed E-state index contributed by atoms with van der Waals surface area (Å²) in [5.74, 6) is 0.217. The van der Waals surface area contributed by atoms with Gasteiger partial charge in [-0.25, -0.2) is 4.39 Å². The van der Waals surface area contributed by atoms with Crippen molar-refractivity contribution in [1.29, 1.82) is 5.26 Å². The van der Waals surface area contributed by atoms with Gasteiger partial charge in [0.15, 0.2) is 0 Å². The van der Waals surface area contributed by atoms with Gasteiger partial charge in [0.25, 0.3) is 5.91 Å². The summed E-state index contributed by atoms with van der Waals surface area (Å²) in [6.07, 6.45) is 2.19. The molecule has 5 heteroatoms. The minimum absolute atomic E-state index is 0.0184. The molecule has 0 spiro atoms. The highest BCUT2D eigenvalue weighted by atomic mass is 19.1. The minimum atomic E-state index is -0.426. The monoisotopic (exact) mass is 312 g/mol. The largest absolute Gasteiger partial charge is 0.457 e. The maximum atomic E-state index is 13.2. The van der Waals surface area contributed by atoms with E-state index in [1.165, 1.54) is 18.2 Å². The maximum absolute atomic E-state index is 13.2. The van der Waals surface area contributed by atoms with Crippen LogP contribution in [-0.2, 0) is 4.79 Å². The second kappa shape index (κ2) is 7.41. The summed E-state index contributed by atoms with van der Waals surface area (Å²) >= 11 is 0. The number of nitrogens with zero attached hydrogens (tertiary/aromatic N) is 1. The van der Waals surface area contributed by atoms with Crippen LogP contribution in [0.1, 0.15) is 24.7 Å². The molecule has 0 radical (unpaired) electrons. The molecule has 0 atom stereocenters. The van der Waals surface area contributed by atoms with Crippen LogP contribution in [0.25, 0.3) is 17.4 Å². The van der Waals surface area contributed by atoms with Crippen molar-refractivity contribution in [3.05, 3.63) is 53.0 Å². The van der Waals surface area contributed by atoms with Crippen LogP contribution in [0.3, 0.4) is 0 Å². The SMILES string of the molecule is CCCNC(=O)/C(C#N)=C/c1ccc(-c2ccc(F)cc2C)o1. The molecule has 2 rings (SSSR count). The van der Waals surface area contributed by atoms with Crippen molar-refractivity contribution in [2.24, 2.45) is 0 Å². The van der Waals surface area contributed by atoms with Crippen LogP contribution in [0.15, 0.2) is 40.3 Å². The van der Waals surface area contributed by atoms with Gasteiger partial charge >= 0.3 is 0 Å². The zero-order valence-corrected chi connectivity index (χ0v) is 13.0. The van der Waals surface area contributed by atoms with Crippen LogP contribution in [0.2, 0.25) is 0 Å². The number of benzene rings is 1. The van der Waals surface area contributed by atoms with Gasteiger partial charge in [0.1, 0.15) is 29.0 Å². The van der Waals surface area contributed by atoms with Gasteiger partial charge in [0, 0.05) is 18.2 Å². The molecule has 0 unspecified atom stereocenters. The Balaban J connectivity index is 2.26. The molecule has 0 saturated heterocycles. The highest BCUT2D eigenvalue weighted by Crippen LogP contribution is 2.26. The Hall–Kier alpha value is -2.87. The molecule has 1 aromatic heterocycles. The van der Waals surface area contributed by atoms with Crippen molar-refractivity contribution in [3.63, 3.8) is 0 Å². The highest BCUT2D eigenvalue weighted by Gasteiger charge is 2.11. The van der Waals surface area contributed by atoms with Crippen molar-refractivity contribution in [3.8, 4) is 17.4 Å². The lowest BCUT2D eigenvalue weighted by molar-refractivity contribution is -0.117. The molecule has 1 aromatic carbocycles. The van der Waals surface area contributed by atoms with Crippen LogP contribution in [0, 0.1) is 24.1 Å². The first-order chi connectivity index (χ1) is 11.0. The number of rotatable bonds is 5. The third-order valence-corrected chi connectivity index (χ3v) is 3.27. The molecule has 0 fully saturated rings. The standard InChI is InChI=1S/C18H17FN2O2/c1-3-8-21-18(22)13(11-20)10-15-5-7-17(23-15)16-6-4-14(19)9-12(16)2/h4-7,9-10H,3,8H2,1-2H3,(H,21,22)/b13-10+. The van der Waals surface area contributed by atoms with E-state index in [1.807, 2.05) is 13.0 Å². The van der Waals surface area contributed by atoms with E-state index in [0.717, 1.165) is 17.5 Å². The average Bonchev–Trinajstić information content (AvgIpc) is 2.98. The lowest BCUT2D eigenvalue weighted by Gasteiger charge is -2.02. The van der Waals surface area contributed by atoms with Gasteiger partial charge in [-0.1, -0.05) is 6.92 Å². The fourth-order valence-corrected chi connectivity index (χ4v) is 2.10. The number of aryl methyl sites for hydroxylation is 1. The smallest absolute Gasteiger partial charge is 0.262 e. The molecule has 1 heterocycles. The van der Waals surface area contributed by atoms with Gasteiger partial charge in [0.05, 0.1) is 0 Å². The lowest BCUT2D eigenvalue weighted by atomic mass is 10.1. The summed E-state index contributed by atoms with van der Waals surface area (Å²) in [7, 11) is 0. The van der Waals surface area contributed by atoms with E-state index >= 15 is 0 Å². The van der Waals surface area contributed by atoms with E-state index in [0.29, 0.717) is 18.1 Å². The summed E-state index contributed by atoms with van der Waals surface area (Å²) in [5, 5.41) is 11.7. The zero-order valence-electron chi connectivity index (χ0n) is 13.0. The van der Waals surface area contributed by atoms with E-state index in [-0.39, 0.29) is 11.4 Å². The quantitative estimate of drug-likeness (QED) is 0.674. The Bertz CT molecular complexity index is 785. The number of furan rings is 1. The molecule has 1 N–H and O–H groups in total. The molecule has 118 valence electrons. The Labute approximate surface area is 134 Å². The molecule has 23 heavy (non-hydrogen) atoms. The van der Waals surface area contributed by atoms with Crippen LogP contribution < -0.4 is 5.32 Å². The summed E-state index contributed by atoms with van der Waals surface area (Å²) in [5.41, 5.74) is 1.49. The fraction of sp³-hybridized carbons (Fsp3) is 0.222. The van der Waals surface area contributed by atoms with Crippen molar-refractivity contribution in [1.82, 2.24) is 5.32 Å². The molecular weight excluding hydrogens is 295 g/mol. The number of hydrogen-bond donors (Lipinski definition) is 1. The van der Waals surface area contributed by atoms with Crippen molar-refractivity contribution >= 4 is 12.0 Å². The zero-order chi connectivity index (χ0) is 16.8. The molecule has 1 amide bonds. The van der Waals surface area contributed by atoms with Gasteiger partial charge in [0.2, 0.25) is 0 Å². The molecule has 0 aliphatic carbocycles. The lowest BCUT2D eigenvalue weighted by Crippen LogP contribution is -2.25. The van der Waals surface area contributed by atoms with Crippen molar-refractivity contribution in [2.45, 2.75) is 20.3 Å². The third kappa shape index (κ3) is 4.07. The number of hydrogen-bond acceptors (Lipinski definition) is 3. The van der Waals surface area contributed by atoms with E-state index in [2.05, 4.69) is 5.32 Å². The van der Waals surface area contributed by atoms with E-state index in [9.17, 15) is 9.18 Å². The summed E-state index contributed by atoms with van der Waals surface area (Å²) < 4.78 is 18.8. The first-order valence-electron chi connectivity index (χ1n) is 7.31. The van der Waals surface area contributed by atoms with Crippen LogP contribution in [0.4, 0.5) is 4.39 Å². The van der Waals surface area contributed by atoms with Gasteiger partial charge in [-0.3, -0.25) is 4.79 Å². The van der Waals surface area contributed by atoms with E-state index < -0.39 is 5.91 Å². The van der Waals surface area contributed by atoms with Crippen molar-refractivity contribution in [2.75, 3.05) is 6.54 Å². The molecule has 4 nitrogen and oxygen atoms in total. The average molecular weight is 312 g/mol. The molecule has 0 aliphatic rings. The summed E-state index contributed by atoms with van der Waals surface area (Å²) in [6, 6.07) is 9.68. The Kier molecular flexibility index (Phi) is 5.32. The molecule has 0 aliphatic heterocycles. The number of carbonyl (C=O) groups is 1. The minimum Gasteiger partial charge on any atom is -0.457 e. The van der Waals surface area contributed by atoms with E-state index in [1.54, 1.807) is 25.1 Å². The summed E-state index contributed by atoms with van der Waals surface area (Å²) in [4.78, 5) is 11.8. The second-order valence-electron chi connectivity index (χ2n) is 5.09. The number of halogens is 1. The van der Waals surface area contributed by atoms with Crippen LogP contribution >= 0.6 is 0 Å². The normalized spacial score (nSPS) is 11.1. The second-order valence-corrected chi connectivity index (χ2v) is 5.09. The van der Waals surface area contributed by atoms with Crippen molar-refractivity contribution < 1.29 is 13.6 Å². The Morgan fingerprint density at radius 3 is 2.83 bits per heavy atom. The van der Waals surface area contributed by atoms with Crippen LogP contribution in [-0.4, -0.2) is 12.5 Å². The molecular formula is C18H17FN2O2. The van der Waals surface area contributed by atoms with E-state index in [4.69, 9.17) is 9.68 Å². The first-order valence-corrected chi connectivity index (χ1v) is 7.31. The predicted molar refractivity (Wildman–Crippen MR) is 85.7 cm³/mol. The third-order valence-electron chi connectivity index (χ3n) is 3.27. The van der Waals surface area contributed by atoms with Gasteiger partial charge in [-0.15, -0.1) is 0 Å². The Morgan fingerprint density at radius 1 is 1.39 bits per heavy atom. The maximum Gasteiger partial charge on any atom is 0.262 e. The Morgan fingerprint density at radius 2 is 2.17 bits per heavy atom. The molecule has 0 saturated carbocycles. The number of amides is 1. The van der Waals surface area contributed by atoms with Gasteiger partial charge < -0.3 is 9.73 Å². The molecule has 2 aromatic rings. The highest BCUT2D eigenvalue weighted by molar-refractivity contribution is 6.01. The number of nitriles is 1. The van der Waals surface area contributed by atoms with Gasteiger partial charge in [-0.05, 0) is 49.2 Å². The molecule has 0 bridgehead atoms.